The van der Waals surface area contributed by atoms with E-state index in [1.807, 2.05) is 149 Å². The van der Waals surface area contributed by atoms with Crippen LogP contribution in [0.5, 0.6) is 0 Å². The van der Waals surface area contributed by atoms with Crippen LogP contribution >= 0.6 is 0 Å². The molecule has 116 heavy (non-hydrogen) atoms. The molecule has 0 bridgehead atoms. The number of amides is 7. The molecule has 30 heteroatoms. The molecule has 644 valence electrons. The van der Waals surface area contributed by atoms with Crippen molar-refractivity contribution in [3.8, 4) is 0 Å². The highest BCUT2D eigenvalue weighted by atomic mass is 16.6. The van der Waals surface area contributed by atoms with Gasteiger partial charge in [0, 0.05) is 50.6 Å². The Hall–Kier alpha value is -10.2. The number of esters is 2. The molecule has 7 amide bonds. The number of alkyl carbamates (subject to hydrolysis) is 3. The molecule has 0 heterocycles. The minimum atomic E-state index is -1.21. The van der Waals surface area contributed by atoms with E-state index < -0.39 is 143 Å². The summed E-state index contributed by atoms with van der Waals surface area (Å²) in [6, 6.07) is 29.2. The van der Waals surface area contributed by atoms with Crippen LogP contribution in [0.15, 0.2) is 121 Å². The Morgan fingerprint density at radius 2 is 0.750 bits per heavy atom. The lowest BCUT2D eigenvalue weighted by molar-refractivity contribution is -0.143. The minimum Gasteiger partial charge on any atom is -0.480 e. The van der Waals surface area contributed by atoms with Crippen molar-refractivity contribution in [3.05, 3.63) is 144 Å². The first-order valence-electron chi connectivity index (χ1n) is 39.7. The van der Waals surface area contributed by atoms with E-state index in [0.29, 0.717) is 57.9 Å². The number of carbonyl (C=O) groups excluding carboxylic acids is 12. The van der Waals surface area contributed by atoms with E-state index in [2.05, 4.69) is 46.7 Å². The second-order valence-corrected chi connectivity index (χ2v) is 32.4. The van der Waals surface area contributed by atoms with E-state index in [-0.39, 0.29) is 87.9 Å². The summed E-state index contributed by atoms with van der Waals surface area (Å²) < 4.78 is 24.7. The van der Waals surface area contributed by atoms with Gasteiger partial charge in [-0.05, 0) is 180 Å². The fraction of sp³-hybridized carbons (Fsp3) is 0.570. The topological polar surface area (TPSA) is 477 Å². The molecular weight excluding hydrogens is 1490 g/mol. The number of Topliss-reactive ketones (excluding diaryl/α,β-unsaturated/α-hetero) is 3. The molecule has 0 radical (unpaired) electrons. The van der Waals surface area contributed by atoms with Gasteiger partial charge in [0.15, 0.2) is 17.3 Å². The highest BCUT2D eigenvalue weighted by molar-refractivity contribution is 5.97. The molecule has 0 aliphatic rings. The number of carboxylic acid groups (broad SMARTS) is 1. The van der Waals surface area contributed by atoms with Crippen molar-refractivity contribution in [2.75, 3.05) is 33.9 Å². The second kappa shape index (κ2) is 53.1. The van der Waals surface area contributed by atoms with Crippen molar-refractivity contribution < 1.29 is 91.1 Å². The Bertz CT molecular complexity index is 3680. The van der Waals surface area contributed by atoms with Crippen LogP contribution in [0.1, 0.15) is 189 Å². The van der Waals surface area contributed by atoms with Gasteiger partial charge in [-0.25, -0.2) is 24.0 Å². The first kappa shape index (κ1) is 102. The summed E-state index contributed by atoms with van der Waals surface area (Å²) in [5.41, 5.74) is 24.3. The number of methoxy groups -OCH3 is 2. The third-order valence-electron chi connectivity index (χ3n) is 17.5. The summed E-state index contributed by atoms with van der Waals surface area (Å²) in [7, 11) is 2.45. The predicted molar refractivity (Wildman–Crippen MR) is 442 cm³/mol. The van der Waals surface area contributed by atoms with Crippen molar-refractivity contribution in [3.63, 3.8) is 0 Å². The molecular formula is C86H131N11O19. The molecule has 0 aliphatic carbocycles. The average Bonchev–Trinajstić information content (AvgIpc) is 0.850. The van der Waals surface area contributed by atoms with Gasteiger partial charge < -0.3 is 88.9 Å². The van der Waals surface area contributed by atoms with Crippen LogP contribution in [0.3, 0.4) is 0 Å². The molecule has 16 N–H and O–H groups in total. The molecule has 0 spiro atoms. The summed E-state index contributed by atoms with van der Waals surface area (Å²) in [6.07, 6.45) is 1.73. The molecule has 0 unspecified atom stereocenters. The predicted octanol–water partition coefficient (Wildman–Crippen LogP) is 8.12. The molecule has 0 fully saturated rings. The second-order valence-electron chi connectivity index (χ2n) is 32.4. The van der Waals surface area contributed by atoms with Gasteiger partial charge >= 0.3 is 36.2 Å². The van der Waals surface area contributed by atoms with E-state index in [4.69, 9.17) is 37.1 Å². The standard InChI is InChI=1S/C41H60N4O9.C36H53N5O6.C9H18N2O4/c1-27(2)23-30(35(47)43-31(37(49)50)21-15-16-22-42-38(51)53-40(3,4)5)26-34(46)32(24-28-17-11-9-12-18-28)44-36(48)33(25-29-19-13-10-14-20-29)45-39(52)54-41(6,7)8;1-24(2)20-27(34(44)40-30(16-10-11-19-37)32(42)18-17-28(38)36(46)47-3)23-33(43)31(22-26-14-8-5-9-15-26)41-35(45)29(39)21-25-12-6-4-7-13-25;1-9(2,3)15-8(13)11-6(5-10)7(12)14-4/h9-14,17-20,27,30-33H,15-16,21-26H2,1-8H3,(H,42,51)(H,43,47)(H,44,48)(H,45,52)(H,49,50);4-9,12-15,24,27-31H,10-11,16-23,37-39H2,1-3H3,(H,40,44)(H,41,45);6H,5,10H2,1-4H3,(H,11,13)/t30-,31+,32+,33+;27-,28-,29+,30+,31+;6-/m000/s1. The van der Waals surface area contributed by atoms with Gasteiger partial charge in [0.25, 0.3) is 0 Å². The first-order chi connectivity index (χ1) is 54.5. The van der Waals surface area contributed by atoms with Crippen molar-refractivity contribution in [1.29, 1.82) is 0 Å². The molecule has 0 aromatic heterocycles. The molecule has 30 nitrogen and oxygen atoms in total. The molecule has 0 saturated carbocycles. The number of benzene rings is 4. The van der Waals surface area contributed by atoms with Crippen molar-refractivity contribution >= 4 is 77.2 Å². The van der Waals surface area contributed by atoms with Crippen LogP contribution in [-0.4, -0.2) is 181 Å². The lowest BCUT2D eigenvalue weighted by Gasteiger charge is -2.27. The lowest BCUT2D eigenvalue weighted by Crippen LogP contribution is -2.54. The number of nitrogens with two attached hydrogens (primary N) is 4. The maximum Gasteiger partial charge on any atom is 0.408 e. The van der Waals surface area contributed by atoms with Crippen molar-refractivity contribution in [2.45, 2.75) is 258 Å². The summed E-state index contributed by atoms with van der Waals surface area (Å²) in [6.45, 7) is 23.9. The van der Waals surface area contributed by atoms with Gasteiger partial charge in [0.05, 0.1) is 38.4 Å². The number of aliphatic carboxylic acids is 1. The fourth-order valence-electron chi connectivity index (χ4n) is 11.9. The van der Waals surface area contributed by atoms with Gasteiger partial charge in [0.1, 0.15) is 41.0 Å². The van der Waals surface area contributed by atoms with Crippen LogP contribution in [0.4, 0.5) is 14.4 Å². The Kier molecular flexibility index (Phi) is 46.7. The normalized spacial score (nSPS) is 13.9. The smallest absolute Gasteiger partial charge is 0.408 e. The lowest BCUT2D eigenvalue weighted by atomic mass is 9.87. The summed E-state index contributed by atoms with van der Waals surface area (Å²) in [5, 5.41) is 28.7. The highest BCUT2D eigenvalue weighted by Crippen LogP contribution is 2.23. The highest BCUT2D eigenvalue weighted by Gasteiger charge is 2.36. The average molecular weight is 1620 g/mol. The van der Waals surface area contributed by atoms with Crippen LogP contribution in [0.2, 0.25) is 0 Å². The van der Waals surface area contributed by atoms with Gasteiger partial charge in [-0.3, -0.25) is 38.4 Å². The van der Waals surface area contributed by atoms with Gasteiger partial charge in [0.2, 0.25) is 23.6 Å². The monoisotopic (exact) mass is 1620 g/mol. The van der Waals surface area contributed by atoms with E-state index in [1.165, 1.54) is 14.2 Å². The van der Waals surface area contributed by atoms with Gasteiger partial charge in [-0.1, -0.05) is 149 Å². The Balaban J connectivity index is 0.000000671. The summed E-state index contributed by atoms with van der Waals surface area (Å²) in [4.78, 5) is 167. The SMILES string of the molecule is CC(C)C[C@@H](CC(=O)[C@@H](Cc1ccccc1)NC(=O)[C@@H](Cc1ccccc1)NC(=O)OC(C)(C)C)C(=O)N[C@H](CCCCNC(=O)OC(C)(C)C)C(=O)O.COC(=O)[C@@H](N)CCC(=O)[C@@H](CCCCN)NC(=O)[C@H](CC(=O)[C@@H](Cc1ccccc1)NC(=O)[C@H](N)Cc1ccccc1)CC(C)C.COC(=O)[C@H](CN)NC(=O)OC(C)(C)C. The maximum absolute atomic E-state index is 14.1. The zero-order valence-corrected chi connectivity index (χ0v) is 70.5. The minimum absolute atomic E-state index is 0.00815. The third kappa shape index (κ3) is 44.6. The van der Waals surface area contributed by atoms with Gasteiger partial charge in [-0.15, -0.1) is 0 Å². The van der Waals surface area contributed by atoms with Gasteiger partial charge in [-0.2, -0.15) is 0 Å². The largest absolute Gasteiger partial charge is 0.480 e. The maximum atomic E-state index is 14.1. The zero-order valence-electron chi connectivity index (χ0n) is 70.5. The Morgan fingerprint density at radius 3 is 1.14 bits per heavy atom. The number of ketones is 3. The van der Waals surface area contributed by atoms with Crippen LogP contribution in [-0.2, 0) is 97.3 Å². The Labute approximate surface area is 684 Å². The zero-order chi connectivity index (χ0) is 87.3. The Morgan fingerprint density at radius 1 is 0.388 bits per heavy atom. The third-order valence-corrected chi connectivity index (χ3v) is 17.5. The molecule has 10 atom stereocenters. The quantitative estimate of drug-likeness (QED) is 0.0113. The first-order valence-corrected chi connectivity index (χ1v) is 39.7. The molecule has 0 saturated heterocycles. The van der Waals surface area contributed by atoms with Crippen LogP contribution in [0.25, 0.3) is 0 Å². The molecule has 4 rings (SSSR count). The van der Waals surface area contributed by atoms with Crippen molar-refractivity contribution in [1.82, 2.24) is 37.2 Å². The molecule has 0 aliphatic heterocycles. The number of hydrogen-bond acceptors (Lipinski definition) is 22. The van der Waals surface area contributed by atoms with E-state index in [0.717, 1.165) is 22.3 Å². The van der Waals surface area contributed by atoms with Crippen molar-refractivity contribution in [2.24, 2.45) is 46.6 Å². The number of unbranched alkanes of at least 4 members (excludes halogenated alkanes) is 2. The van der Waals surface area contributed by atoms with Crippen LogP contribution in [0, 0.1) is 23.7 Å². The van der Waals surface area contributed by atoms with Crippen LogP contribution < -0.4 is 60.2 Å². The molecule has 4 aromatic rings. The fourth-order valence-corrected chi connectivity index (χ4v) is 11.9. The number of hydrogen-bond donors (Lipinski definition) is 12. The summed E-state index contributed by atoms with van der Waals surface area (Å²) in [5.74, 6) is -6.99. The van der Waals surface area contributed by atoms with E-state index in [9.17, 15) is 67.4 Å². The molecule has 4 aromatic carbocycles. The van der Waals surface area contributed by atoms with E-state index >= 15 is 0 Å². The number of carboxylic acids is 1. The summed E-state index contributed by atoms with van der Waals surface area (Å²) >= 11 is 0. The number of ether oxygens (including phenoxy) is 5. The number of nitrogens with one attached hydrogen (secondary N) is 7. The number of carbonyl (C=O) groups is 13. The number of rotatable bonds is 45. The van der Waals surface area contributed by atoms with E-state index in [1.54, 1.807) is 62.3 Å².